The van der Waals surface area contributed by atoms with Gasteiger partial charge in [-0.3, -0.25) is 4.79 Å². The largest absolute Gasteiger partial charge is 0.486 e. The minimum atomic E-state index is -1.06. The highest BCUT2D eigenvalue weighted by Gasteiger charge is 2.22. The van der Waals surface area contributed by atoms with E-state index in [9.17, 15) is 9.59 Å². The van der Waals surface area contributed by atoms with Gasteiger partial charge < -0.3 is 15.2 Å². The van der Waals surface area contributed by atoms with E-state index in [0.29, 0.717) is 32.8 Å². The number of thiazole rings is 1. The number of aliphatic carboxylic acids is 1. The molecule has 1 heterocycles. The van der Waals surface area contributed by atoms with E-state index in [4.69, 9.17) is 21.4 Å². The van der Waals surface area contributed by atoms with Crippen molar-refractivity contribution in [1.82, 2.24) is 10.3 Å². The quantitative estimate of drug-likeness (QED) is 0.782. The molecule has 0 bridgehead atoms. The number of rotatable bonds is 7. The molecule has 0 aliphatic carbocycles. The first kappa shape index (κ1) is 18.2. The molecular formula is C16H17ClN2O4S. The van der Waals surface area contributed by atoms with E-state index in [0.717, 1.165) is 0 Å². The number of aryl methyl sites for hydroxylation is 1. The van der Waals surface area contributed by atoms with Crippen molar-refractivity contribution in [2.45, 2.75) is 32.9 Å². The van der Waals surface area contributed by atoms with E-state index in [1.165, 1.54) is 11.3 Å². The molecule has 128 valence electrons. The van der Waals surface area contributed by atoms with Crippen LogP contribution in [0.15, 0.2) is 24.3 Å². The summed E-state index contributed by atoms with van der Waals surface area (Å²) in [6.07, 6.45) is 0.311. The van der Waals surface area contributed by atoms with Crippen LogP contribution in [0.25, 0.3) is 0 Å². The van der Waals surface area contributed by atoms with E-state index < -0.39 is 17.9 Å². The number of halogens is 1. The zero-order chi connectivity index (χ0) is 17.7. The summed E-state index contributed by atoms with van der Waals surface area (Å²) in [5.74, 6) is -0.841. The maximum absolute atomic E-state index is 12.2. The summed E-state index contributed by atoms with van der Waals surface area (Å²) >= 11 is 7.00. The average Bonchev–Trinajstić information content (AvgIpc) is 2.92. The molecule has 0 fully saturated rings. The summed E-state index contributed by atoms with van der Waals surface area (Å²) in [4.78, 5) is 27.9. The van der Waals surface area contributed by atoms with Crippen molar-refractivity contribution in [3.63, 3.8) is 0 Å². The fourth-order valence-corrected chi connectivity index (χ4v) is 2.97. The van der Waals surface area contributed by atoms with Gasteiger partial charge in [-0.2, -0.15) is 0 Å². The van der Waals surface area contributed by atoms with Gasteiger partial charge in [-0.25, -0.2) is 9.78 Å². The molecule has 1 atom stereocenters. The lowest BCUT2D eigenvalue weighted by molar-refractivity contribution is -0.139. The molecule has 1 aromatic carbocycles. The Labute approximate surface area is 148 Å². The van der Waals surface area contributed by atoms with E-state index in [-0.39, 0.29) is 6.61 Å². The highest BCUT2D eigenvalue weighted by atomic mass is 35.5. The predicted octanol–water partition coefficient (Wildman–Crippen LogP) is 3.28. The SMILES string of the molecule is CCC(NC(=O)c1sc(COc2ccc(Cl)cc2)nc1C)C(=O)O. The first-order valence-corrected chi connectivity index (χ1v) is 8.48. The van der Waals surface area contributed by atoms with Crippen LogP contribution >= 0.6 is 22.9 Å². The molecular weight excluding hydrogens is 352 g/mol. The lowest BCUT2D eigenvalue weighted by atomic mass is 10.2. The summed E-state index contributed by atoms with van der Waals surface area (Å²) in [5.41, 5.74) is 0.549. The number of hydrogen-bond donors (Lipinski definition) is 2. The van der Waals surface area contributed by atoms with Gasteiger partial charge in [0.2, 0.25) is 0 Å². The van der Waals surface area contributed by atoms with Crippen LogP contribution in [0.2, 0.25) is 5.02 Å². The summed E-state index contributed by atoms with van der Waals surface area (Å²) in [6.45, 7) is 3.62. The Morgan fingerprint density at radius 1 is 1.38 bits per heavy atom. The minimum absolute atomic E-state index is 0.219. The van der Waals surface area contributed by atoms with E-state index in [1.807, 2.05) is 0 Å². The maximum atomic E-state index is 12.2. The second-order valence-corrected chi connectivity index (χ2v) is 6.56. The van der Waals surface area contributed by atoms with E-state index >= 15 is 0 Å². The summed E-state index contributed by atoms with van der Waals surface area (Å²) in [5, 5.41) is 12.8. The summed E-state index contributed by atoms with van der Waals surface area (Å²) < 4.78 is 5.60. The van der Waals surface area contributed by atoms with Crippen molar-refractivity contribution in [2.24, 2.45) is 0 Å². The van der Waals surface area contributed by atoms with Crippen LogP contribution in [0, 0.1) is 6.92 Å². The third-order valence-corrected chi connectivity index (χ3v) is 4.62. The normalized spacial score (nSPS) is 11.8. The molecule has 0 aliphatic heterocycles. The molecule has 8 heteroatoms. The van der Waals surface area contributed by atoms with Crippen LogP contribution < -0.4 is 10.1 Å². The van der Waals surface area contributed by atoms with E-state index in [1.54, 1.807) is 38.1 Å². The monoisotopic (exact) mass is 368 g/mol. The predicted molar refractivity (Wildman–Crippen MR) is 91.8 cm³/mol. The van der Waals surface area contributed by atoms with Crippen molar-refractivity contribution < 1.29 is 19.4 Å². The zero-order valence-corrected chi connectivity index (χ0v) is 14.8. The summed E-state index contributed by atoms with van der Waals surface area (Å²) in [7, 11) is 0. The Balaban J connectivity index is 2.02. The van der Waals surface area contributed by atoms with Crippen LogP contribution in [0.4, 0.5) is 0 Å². The van der Waals surface area contributed by atoms with E-state index in [2.05, 4.69) is 10.3 Å². The second kappa shape index (κ2) is 8.12. The highest BCUT2D eigenvalue weighted by molar-refractivity contribution is 7.13. The number of nitrogens with one attached hydrogen (secondary N) is 1. The smallest absolute Gasteiger partial charge is 0.326 e. The topological polar surface area (TPSA) is 88.5 Å². The molecule has 0 spiro atoms. The molecule has 2 rings (SSSR count). The van der Waals surface area contributed by atoms with Crippen LogP contribution in [-0.2, 0) is 11.4 Å². The van der Waals surface area contributed by atoms with Gasteiger partial charge >= 0.3 is 5.97 Å². The molecule has 0 saturated heterocycles. The third kappa shape index (κ3) is 4.69. The first-order chi connectivity index (χ1) is 11.4. The standard InChI is InChI=1S/C16H17ClN2O4S/c1-3-12(16(21)22)19-15(20)14-9(2)18-13(24-14)8-23-11-6-4-10(17)5-7-11/h4-7,12H,3,8H2,1-2H3,(H,19,20)(H,21,22). The lowest BCUT2D eigenvalue weighted by Crippen LogP contribution is -2.40. The maximum Gasteiger partial charge on any atom is 0.326 e. The minimum Gasteiger partial charge on any atom is -0.486 e. The van der Waals surface area contributed by atoms with Gasteiger partial charge in [-0.15, -0.1) is 11.3 Å². The number of carboxylic acids is 1. The van der Waals surface area contributed by atoms with Gasteiger partial charge in [0.25, 0.3) is 5.91 Å². The van der Waals surface area contributed by atoms with Crippen molar-refractivity contribution in [3.8, 4) is 5.75 Å². The van der Waals surface area contributed by atoms with Crippen LogP contribution in [0.1, 0.15) is 33.7 Å². The van der Waals surface area contributed by atoms with Gasteiger partial charge in [0.1, 0.15) is 28.3 Å². The molecule has 0 saturated carbocycles. The molecule has 1 unspecified atom stereocenters. The molecule has 1 amide bonds. The fourth-order valence-electron chi connectivity index (χ4n) is 1.96. The summed E-state index contributed by atoms with van der Waals surface area (Å²) in [6, 6.07) is 6.02. The fraction of sp³-hybridized carbons (Fsp3) is 0.312. The van der Waals surface area contributed by atoms with Crippen LogP contribution in [-0.4, -0.2) is 28.0 Å². The molecule has 6 nitrogen and oxygen atoms in total. The number of amides is 1. The zero-order valence-electron chi connectivity index (χ0n) is 13.2. The Kier molecular flexibility index (Phi) is 6.16. The number of hydrogen-bond acceptors (Lipinski definition) is 5. The number of benzene rings is 1. The van der Waals surface area contributed by atoms with Gasteiger partial charge in [0.05, 0.1) is 5.69 Å². The highest BCUT2D eigenvalue weighted by Crippen LogP contribution is 2.21. The number of aromatic nitrogens is 1. The molecule has 0 aliphatic rings. The molecule has 0 radical (unpaired) electrons. The molecule has 2 N–H and O–H groups in total. The number of carbonyl (C=O) groups excluding carboxylic acids is 1. The molecule has 2 aromatic rings. The molecule has 24 heavy (non-hydrogen) atoms. The Hall–Kier alpha value is -2.12. The van der Waals surface area contributed by atoms with Gasteiger partial charge in [0.15, 0.2) is 0 Å². The van der Waals surface area contributed by atoms with Crippen molar-refractivity contribution in [2.75, 3.05) is 0 Å². The van der Waals surface area contributed by atoms with Crippen molar-refractivity contribution in [1.29, 1.82) is 0 Å². The average molecular weight is 369 g/mol. The number of carboxylic acid groups (broad SMARTS) is 1. The third-order valence-electron chi connectivity index (χ3n) is 3.23. The number of carbonyl (C=O) groups is 2. The Bertz CT molecular complexity index is 730. The second-order valence-electron chi connectivity index (χ2n) is 5.04. The Morgan fingerprint density at radius 3 is 2.62 bits per heavy atom. The van der Waals surface area contributed by atoms with Crippen LogP contribution in [0.5, 0.6) is 5.75 Å². The molecule has 1 aromatic heterocycles. The number of ether oxygens (including phenoxy) is 1. The van der Waals surface area contributed by atoms with Gasteiger partial charge in [0, 0.05) is 5.02 Å². The first-order valence-electron chi connectivity index (χ1n) is 7.29. The van der Waals surface area contributed by atoms with Crippen molar-refractivity contribution >= 4 is 34.8 Å². The lowest BCUT2D eigenvalue weighted by Gasteiger charge is -2.11. The van der Waals surface area contributed by atoms with Crippen molar-refractivity contribution in [3.05, 3.63) is 44.9 Å². The number of nitrogens with zero attached hydrogens (tertiary/aromatic N) is 1. The van der Waals surface area contributed by atoms with Gasteiger partial charge in [-0.05, 0) is 37.6 Å². The van der Waals surface area contributed by atoms with Crippen LogP contribution in [0.3, 0.4) is 0 Å². The Morgan fingerprint density at radius 2 is 2.04 bits per heavy atom. The van der Waals surface area contributed by atoms with Gasteiger partial charge in [-0.1, -0.05) is 18.5 Å².